The molecule has 3 aliphatic rings. The molecule has 0 aliphatic carbocycles. The molecule has 2 unspecified atom stereocenters. The Morgan fingerprint density at radius 2 is 1.96 bits per heavy atom. The van der Waals surface area contributed by atoms with Crippen molar-refractivity contribution in [3.8, 4) is 0 Å². The molecule has 3 saturated heterocycles. The lowest BCUT2D eigenvalue weighted by Crippen LogP contribution is -2.36. The Hall–Kier alpha value is -1.69. The molecule has 1 aromatic heterocycles. The van der Waals surface area contributed by atoms with E-state index in [0.29, 0.717) is 5.91 Å². The third-order valence-corrected chi connectivity index (χ3v) is 5.59. The molecule has 0 spiro atoms. The first-order valence-corrected chi connectivity index (χ1v) is 8.72. The van der Waals surface area contributed by atoms with Gasteiger partial charge in [-0.15, -0.1) is 0 Å². The number of anilines is 1. The molecule has 0 radical (unpaired) electrons. The van der Waals surface area contributed by atoms with Gasteiger partial charge in [0.2, 0.25) is 5.91 Å². The summed E-state index contributed by atoms with van der Waals surface area (Å²) in [6.07, 6.45) is 5.33. The number of aryl methyl sites for hydroxylation is 1. The lowest BCUT2D eigenvalue weighted by Gasteiger charge is -2.24. The number of nitrogens with zero attached hydrogens (tertiary/aromatic N) is 5. The topological polar surface area (TPSA) is 52.6 Å². The van der Waals surface area contributed by atoms with E-state index in [-0.39, 0.29) is 0 Å². The molecule has 0 N–H and O–H groups in total. The third-order valence-electron chi connectivity index (χ3n) is 5.59. The van der Waals surface area contributed by atoms with Gasteiger partial charge in [-0.2, -0.15) is 0 Å². The maximum absolute atomic E-state index is 11.7. The van der Waals surface area contributed by atoms with Gasteiger partial charge < -0.3 is 14.7 Å². The van der Waals surface area contributed by atoms with Gasteiger partial charge in [-0.3, -0.25) is 4.79 Å². The highest BCUT2D eigenvalue weighted by atomic mass is 16.2. The van der Waals surface area contributed by atoms with Crippen molar-refractivity contribution < 1.29 is 4.79 Å². The smallest absolute Gasteiger partial charge is 0.222 e. The van der Waals surface area contributed by atoms with Crippen LogP contribution in [0.3, 0.4) is 0 Å². The van der Waals surface area contributed by atoms with E-state index in [9.17, 15) is 4.79 Å². The van der Waals surface area contributed by atoms with Crippen LogP contribution in [0.5, 0.6) is 0 Å². The van der Waals surface area contributed by atoms with Crippen molar-refractivity contribution in [2.45, 2.75) is 19.8 Å². The summed E-state index contributed by atoms with van der Waals surface area (Å²) < 4.78 is 0. The molecule has 23 heavy (non-hydrogen) atoms. The van der Waals surface area contributed by atoms with Crippen molar-refractivity contribution in [3.05, 3.63) is 18.1 Å². The molecule has 3 aliphatic heterocycles. The number of rotatable bonds is 4. The average molecular weight is 315 g/mol. The van der Waals surface area contributed by atoms with E-state index in [1.165, 1.54) is 0 Å². The van der Waals surface area contributed by atoms with Crippen LogP contribution in [0.4, 0.5) is 5.82 Å². The van der Waals surface area contributed by atoms with E-state index in [4.69, 9.17) is 0 Å². The first kappa shape index (κ1) is 14.9. The number of hydrogen-bond donors (Lipinski definition) is 0. The Morgan fingerprint density at radius 3 is 2.61 bits per heavy atom. The highest BCUT2D eigenvalue weighted by Gasteiger charge is 2.40. The van der Waals surface area contributed by atoms with Crippen molar-refractivity contribution in [3.63, 3.8) is 0 Å². The zero-order valence-electron chi connectivity index (χ0n) is 13.8. The Morgan fingerprint density at radius 1 is 1.17 bits per heavy atom. The van der Waals surface area contributed by atoms with Gasteiger partial charge in [0.1, 0.15) is 12.1 Å². The van der Waals surface area contributed by atoms with Crippen molar-refractivity contribution in [1.29, 1.82) is 0 Å². The number of likely N-dealkylation sites (tertiary alicyclic amines) is 2. The predicted octanol–water partition coefficient (Wildman–Crippen LogP) is 0.775. The van der Waals surface area contributed by atoms with E-state index in [2.05, 4.69) is 26.7 Å². The Bertz CT molecular complexity index is 578. The minimum atomic E-state index is 0.342. The van der Waals surface area contributed by atoms with Gasteiger partial charge in [0.25, 0.3) is 0 Å². The van der Waals surface area contributed by atoms with Crippen LogP contribution in [0.2, 0.25) is 0 Å². The van der Waals surface area contributed by atoms with Crippen LogP contribution < -0.4 is 4.90 Å². The molecule has 3 fully saturated rings. The number of fused-ring (bicyclic) bond motifs is 1. The largest absolute Gasteiger partial charge is 0.356 e. The molecule has 4 heterocycles. The minimum absolute atomic E-state index is 0.342. The van der Waals surface area contributed by atoms with Crippen LogP contribution in [-0.2, 0) is 4.79 Å². The highest BCUT2D eigenvalue weighted by Crippen LogP contribution is 2.33. The van der Waals surface area contributed by atoms with E-state index in [0.717, 1.165) is 81.9 Å². The van der Waals surface area contributed by atoms with Crippen molar-refractivity contribution >= 4 is 11.7 Å². The van der Waals surface area contributed by atoms with E-state index >= 15 is 0 Å². The third kappa shape index (κ3) is 2.92. The molecule has 1 aromatic rings. The van der Waals surface area contributed by atoms with E-state index in [1.54, 1.807) is 6.33 Å². The van der Waals surface area contributed by atoms with Gasteiger partial charge in [-0.05, 0) is 25.2 Å². The molecule has 6 heteroatoms. The standard InChI is InChI=1S/C17H25N5O/c1-13-7-18-12-19-17(13)22-10-14-8-20(9-15(14)11-22)5-6-21-4-2-3-16(21)23/h7,12,14-15H,2-6,8-11H2,1H3. The van der Waals surface area contributed by atoms with Crippen molar-refractivity contribution in [2.75, 3.05) is 50.7 Å². The maximum atomic E-state index is 11.7. The molecule has 0 saturated carbocycles. The SMILES string of the molecule is Cc1cncnc1N1CC2CN(CCN3CCCC3=O)CC2C1. The fourth-order valence-corrected chi connectivity index (χ4v) is 4.37. The summed E-state index contributed by atoms with van der Waals surface area (Å²) in [5.74, 6) is 2.91. The quantitative estimate of drug-likeness (QED) is 0.822. The molecule has 6 nitrogen and oxygen atoms in total. The van der Waals surface area contributed by atoms with Gasteiger partial charge in [-0.1, -0.05) is 0 Å². The van der Waals surface area contributed by atoms with Gasteiger partial charge >= 0.3 is 0 Å². The van der Waals surface area contributed by atoms with Gasteiger partial charge in [0.15, 0.2) is 0 Å². The zero-order chi connectivity index (χ0) is 15.8. The number of hydrogen-bond acceptors (Lipinski definition) is 5. The summed E-state index contributed by atoms with van der Waals surface area (Å²) in [6, 6.07) is 0. The van der Waals surface area contributed by atoms with Crippen molar-refractivity contribution in [2.24, 2.45) is 11.8 Å². The summed E-state index contributed by atoms with van der Waals surface area (Å²) in [5, 5.41) is 0. The van der Waals surface area contributed by atoms with E-state index < -0.39 is 0 Å². The van der Waals surface area contributed by atoms with Gasteiger partial charge in [-0.25, -0.2) is 9.97 Å². The van der Waals surface area contributed by atoms with Crippen LogP contribution in [0.15, 0.2) is 12.5 Å². The number of aromatic nitrogens is 2. The maximum Gasteiger partial charge on any atom is 0.222 e. The fraction of sp³-hybridized carbons (Fsp3) is 0.706. The lowest BCUT2D eigenvalue weighted by atomic mass is 10.0. The van der Waals surface area contributed by atoms with Crippen LogP contribution in [0.1, 0.15) is 18.4 Å². The van der Waals surface area contributed by atoms with Crippen molar-refractivity contribution in [1.82, 2.24) is 19.8 Å². The summed E-state index contributed by atoms with van der Waals surface area (Å²) in [5.41, 5.74) is 1.16. The second-order valence-corrected chi connectivity index (χ2v) is 7.20. The van der Waals surface area contributed by atoms with Crippen LogP contribution in [-0.4, -0.2) is 71.5 Å². The molecule has 4 rings (SSSR count). The van der Waals surface area contributed by atoms with Crippen LogP contribution >= 0.6 is 0 Å². The highest BCUT2D eigenvalue weighted by molar-refractivity contribution is 5.78. The number of carbonyl (C=O) groups excluding carboxylic acids is 1. The fourth-order valence-electron chi connectivity index (χ4n) is 4.37. The molecule has 0 aromatic carbocycles. The van der Waals surface area contributed by atoms with Gasteiger partial charge in [0, 0.05) is 64.0 Å². The molecular weight excluding hydrogens is 290 g/mol. The lowest BCUT2D eigenvalue weighted by molar-refractivity contribution is -0.127. The molecule has 0 bridgehead atoms. The number of amides is 1. The van der Waals surface area contributed by atoms with Crippen LogP contribution in [0, 0.1) is 18.8 Å². The molecular formula is C17H25N5O. The Balaban J connectivity index is 1.30. The second-order valence-electron chi connectivity index (χ2n) is 7.20. The average Bonchev–Trinajstić information content (AvgIpc) is 3.20. The zero-order valence-corrected chi connectivity index (χ0v) is 13.8. The van der Waals surface area contributed by atoms with Gasteiger partial charge in [0.05, 0.1) is 0 Å². The first-order valence-electron chi connectivity index (χ1n) is 8.72. The Kier molecular flexibility index (Phi) is 3.93. The first-order chi connectivity index (χ1) is 11.2. The minimum Gasteiger partial charge on any atom is -0.356 e. The summed E-state index contributed by atoms with van der Waals surface area (Å²) in [6.45, 7) is 9.51. The second kappa shape index (κ2) is 6.07. The number of carbonyl (C=O) groups is 1. The summed E-state index contributed by atoms with van der Waals surface area (Å²) >= 11 is 0. The van der Waals surface area contributed by atoms with E-state index in [1.807, 2.05) is 11.1 Å². The predicted molar refractivity (Wildman–Crippen MR) is 88.2 cm³/mol. The van der Waals surface area contributed by atoms with Crippen LogP contribution in [0.25, 0.3) is 0 Å². The molecule has 2 atom stereocenters. The summed E-state index contributed by atoms with van der Waals surface area (Å²) in [7, 11) is 0. The Labute approximate surface area is 137 Å². The normalized spacial score (nSPS) is 28.0. The molecule has 124 valence electrons. The molecule has 1 amide bonds. The summed E-state index contributed by atoms with van der Waals surface area (Å²) in [4.78, 5) is 27.3. The monoisotopic (exact) mass is 315 g/mol.